The SMILES string of the molecule is CCCCOc1c2cc(C=CC(=O)N3CCCCC3)cc1Cc1cc(/C=C/C(=O)N3CCCCC3)cc(c1OCCCC)Cc1cc(/C=C/C(=O)N3CCCCC3)cc(c1OCCCC)Cc1cc(/C=C/C(=O)N3CCCCC3)cc(c1OCCCC)C2. The minimum absolute atomic E-state index is 0.0127. The van der Waals surface area contributed by atoms with Crippen LogP contribution < -0.4 is 18.9 Å². The highest BCUT2D eigenvalue weighted by atomic mass is 16.5. The lowest BCUT2D eigenvalue weighted by Crippen LogP contribution is -2.34. The molecule has 9 rings (SSSR count). The number of ether oxygens (including phenoxy) is 4. The minimum Gasteiger partial charge on any atom is -0.493 e. The largest absolute Gasteiger partial charge is 0.493 e. The van der Waals surface area contributed by atoms with Crippen LogP contribution in [0.5, 0.6) is 23.0 Å². The number of piperidine rings is 4. The zero-order chi connectivity index (χ0) is 61.5. The van der Waals surface area contributed by atoms with E-state index in [2.05, 4.69) is 76.2 Å². The zero-order valence-corrected chi connectivity index (χ0v) is 53.7. The number of rotatable bonds is 24. The molecule has 4 aromatic rings. The lowest BCUT2D eigenvalue weighted by Gasteiger charge is -2.26. The fourth-order valence-electron chi connectivity index (χ4n) is 12.9. The van der Waals surface area contributed by atoms with Crippen molar-refractivity contribution in [1.29, 1.82) is 0 Å². The van der Waals surface area contributed by atoms with Gasteiger partial charge in [0, 0.05) is 102 Å². The summed E-state index contributed by atoms with van der Waals surface area (Å²) < 4.78 is 28.5. The maximum Gasteiger partial charge on any atom is 0.246 e. The molecular weight excluding hydrogens is 1100 g/mol. The third-order valence-electron chi connectivity index (χ3n) is 17.9. The van der Waals surface area contributed by atoms with Crippen molar-refractivity contribution >= 4 is 47.9 Å². The lowest BCUT2D eigenvalue weighted by molar-refractivity contribution is -0.127. The number of amides is 4. The predicted octanol–water partition coefficient (Wildman–Crippen LogP) is 15.2. The molecule has 5 aliphatic rings. The van der Waals surface area contributed by atoms with E-state index in [1.54, 1.807) is 24.3 Å². The Morgan fingerprint density at radius 2 is 0.489 bits per heavy atom. The standard InChI is InChI=1S/C76H100N4O8/c1-5-9-41-85-73-61-45-57(25-29-69(81)77-33-17-13-18-34-77)46-62(73)54-64-48-59(27-31-71(83)79-37-21-15-22-38-79)50-66(75(64)87-43-11-7-3)56-68-52-60(28-32-72(84)80-39-23-16-24-40-80)51-67(76(68)88-44-12-8-4)55-65-49-58(26-30-70(82)78-35-19-14-20-36-78)47-63(53-61)74(65)86-42-10-6-2/h25-32,45-52H,5-24,33-44,53-56H2,1-4H3/b29-25+,30-26+,31-27+,32-28?. The van der Waals surface area contributed by atoms with Gasteiger partial charge >= 0.3 is 0 Å². The molecule has 4 aromatic carbocycles. The number of hydrogen-bond donors (Lipinski definition) is 0. The Kier molecular flexibility index (Phi) is 25.3. The van der Waals surface area contributed by atoms with Gasteiger partial charge in [0.25, 0.3) is 0 Å². The zero-order valence-electron chi connectivity index (χ0n) is 53.7. The van der Waals surface area contributed by atoms with E-state index in [-0.39, 0.29) is 23.6 Å². The van der Waals surface area contributed by atoms with Crippen LogP contribution in [0.3, 0.4) is 0 Å². The third kappa shape index (κ3) is 18.5. The number of hydrogen-bond acceptors (Lipinski definition) is 8. The Balaban J connectivity index is 1.32. The van der Waals surface area contributed by atoms with E-state index in [0.717, 1.165) is 271 Å². The van der Waals surface area contributed by atoms with Gasteiger partial charge in [-0.05, 0) is 242 Å². The van der Waals surface area contributed by atoms with Crippen molar-refractivity contribution in [2.45, 2.75) is 182 Å². The first-order valence-electron chi connectivity index (χ1n) is 34.1. The van der Waals surface area contributed by atoms with Crippen molar-refractivity contribution in [3.05, 3.63) is 140 Å². The Morgan fingerprint density at radius 1 is 0.307 bits per heavy atom. The molecule has 0 atom stereocenters. The second-order valence-electron chi connectivity index (χ2n) is 25.1. The predicted molar refractivity (Wildman–Crippen MR) is 356 cm³/mol. The van der Waals surface area contributed by atoms with Crippen molar-refractivity contribution in [2.24, 2.45) is 0 Å². The average Bonchev–Trinajstić information content (AvgIpc) is 3.06. The molecule has 4 amide bonds. The lowest BCUT2D eigenvalue weighted by atomic mass is 9.88. The molecule has 4 saturated heterocycles. The monoisotopic (exact) mass is 1200 g/mol. The van der Waals surface area contributed by atoms with Gasteiger partial charge in [-0.2, -0.15) is 0 Å². The summed E-state index contributed by atoms with van der Waals surface area (Å²) in [5, 5.41) is 0. The average molecular weight is 1200 g/mol. The first-order chi connectivity index (χ1) is 43.1. The molecule has 88 heavy (non-hydrogen) atoms. The summed E-state index contributed by atoms with van der Waals surface area (Å²) in [6, 6.07) is 17.5. The highest BCUT2D eigenvalue weighted by Crippen LogP contribution is 2.42. The Morgan fingerprint density at radius 3 is 0.659 bits per heavy atom. The van der Waals surface area contributed by atoms with Gasteiger partial charge in [-0.15, -0.1) is 0 Å². The van der Waals surface area contributed by atoms with E-state index in [1.807, 2.05) is 43.9 Å². The van der Waals surface area contributed by atoms with E-state index in [9.17, 15) is 19.2 Å². The topological polar surface area (TPSA) is 118 Å². The molecule has 0 saturated carbocycles. The molecule has 0 radical (unpaired) electrons. The van der Waals surface area contributed by atoms with Crippen LogP contribution in [0.2, 0.25) is 0 Å². The third-order valence-corrected chi connectivity index (χ3v) is 17.9. The summed E-state index contributed by atoms with van der Waals surface area (Å²) in [6.07, 6.45) is 36.3. The molecule has 12 heteroatoms. The van der Waals surface area contributed by atoms with Crippen molar-refractivity contribution in [3.8, 4) is 23.0 Å². The first kappa shape index (κ1) is 65.4. The number of unbranched alkanes of at least 4 members (excludes halogenated alkanes) is 4. The van der Waals surface area contributed by atoms with Crippen LogP contribution in [0.1, 0.15) is 223 Å². The summed E-state index contributed by atoms with van der Waals surface area (Å²) in [6.45, 7) is 16.8. The number of nitrogens with zero attached hydrogens (tertiary/aromatic N) is 4. The molecule has 4 fully saturated rings. The molecule has 472 valence electrons. The van der Waals surface area contributed by atoms with E-state index >= 15 is 0 Å². The van der Waals surface area contributed by atoms with Crippen LogP contribution in [0.15, 0.2) is 72.8 Å². The van der Waals surface area contributed by atoms with Crippen LogP contribution in [0, 0.1) is 0 Å². The number of fused-ring (bicyclic) bond motifs is 8. The summed E-state index contributed by atoms with van der Waals surface area (Å²) in [7, 11) is 0. The Labute approximate surface area is 526 Å². The summed E-state index contributed by atoms with van der Waals surface area (Å²) in [4.78, 5) is 63.8. The van der Waals surface area contributed by atoms with Gasteiger partial charge < -0.3 is 38.5 Å². The van der Waals surface area contributed by atoms with Crippen LogP contribution >= 0.6 is 0 Å². The second kappa shape index (κ2) is 34.0. The van der Waals surface area contributed by atoms with Crippen molar-refractivity contribution < 1.29 is 38.1 Å². The molecular formula is C76H100N4O8. The van der Waals surface area contributed by atoms with Gasteiger partial charge in [0.05, 0.1) is 26.4 Å². The van der Waals surface area contributed by atoms with Gasteiger partial charge in [-0.3, -0.25) is 19.2 Å². The molecule has 4 aliphatic heterocycles. The highest BCUT2D eigenvalue weighted by Gasteiger charge is 2.26. The molecule has 8 bridgehead atoms. The molecule has 12 nitrogen and oxygen atoms in total. The maximum absolute atomic E-state index is 14.0. The Hall–Kier alpha value is -7.08. The van der Waals surface area contributed by atoms with Gasteiger partial charge in [0.15, 0.2) is 0 Å². The normalized spacial score (nSPS) is 16.7. The number of benzene rings is 4. The van der Waals surface area contributed by atoms with Crippen LogP contribution in [-0.4, -0.2) is 122 Å². The maximum atomic E-state index is 14.0. The highest BCUT2D eigenvalue weighted by molar-refractivity contribution is 5.94. The molecule has 0 N–H and O–H groups in total. The minimum atomic E-state index is 0.0127. The number of carbonyl (C=O) groups is 4. The number of likely N-dealkylation sites (tertiary alicyclic amines) is 4. The van der Waals surface area contributed by atoms with Crippen LogP contribution in [-0.2, 0) is 44.9 Å². The van der Waals surface area contributed by atoms with E-state index < -0.39 is 0 Å². The molecule has 0 aromatic heterocycles. The van der Waals surface area contributed by atoms with E-state index in [1.165, 1.54) is 0 Å². The van der Waals surface area contributed by atoms with Gasteiger partial charge in [-0.25, -0.2) is 0 Å². The molecule has 4 heterocycles. The number of carbonyl (C=O) groups excluding carboxylic acids is 4. The van der Waals surface area contributed by atoms with Gasteiger partial charge in [0.1, 0.15) is 23.0 Å². The van der Waals surface area contributed by atoms with Crippen LogP contribution in [0.4, 0.5) is 0 Å². The van der Waals surface area contributed by atoms with E-state index in [0.29, 0.717) is 52.1 Å². The van der Waals surface area contributed by atoms with Crippen LogP contribution in [0.25, 0.3) is 24.3 Å². The van der Waals surface area contributed by atoms with Gasteiger partial charge in [0.2, 0.25) is 23.6 Å². The smallest absolute Gasteiger partial charge is 0.246 e. The van der Waals surface area contributed by atoms with Crippen molar-refractivity contribution in [1.82, 2.24) is 19.6 Å². The fourth-order valence-corrected chi connectivity index (χ4v) is 12.9. The fraction of sp³-hybridized carbons (Fsp3) is 0.526. The summed E-state index contributed by atoms with van der Waals surface area (Å²) in [5.41, 5.74) is 11.2. The quantitative estimate of drug-likeness (QED) is 0.0443. The van der Waals surface area contributed by atoms with E-state index in [4.69, 9.17) is 18.9 Å². The first-order valence-corrected chi connectivity index (χ1v) is 34.1. The summed E-state index contributed by atoms with van der Waals surface area (Å²) in [5.74, 6) is 3.21. The molecule has 1 aliphatic carbocycles. The summed E-state index contributed by atoms with van der Waals surface area (Å²) >= 11 is 0. The van der Waals surface area contributed by atoms with Crippen molar-refractivity contribution in [2.75, 3.05) is 78.8 Å². The molecule has 0 spiro atoms. The second-order valence-corrected chi connectivity index (χ2v) is 25.1. The molecule has 0 unspecified atom stereocenters. The van der Waals surface area contributed by atoms with Gasteiger partial charge in [-0.1, -0.05) is 53.4 Å². The Bertz CT molecular complexity index is 2610. The van der Waals surface area contributed by atoms with Crippen molar-refractivity contribution in [3.63, 3.8) is 0 Å².